The number of hydrogen-bond donors (Lipinski definition) is 0. The summed E-state index contributed by atoms with van der Waals surface area (Å²) in [6.07, 6.45) is 2.56. The van der Waals surface area contributed by atoms with E-state index in [1.165, 1.54) is 12.8 Å². The molecule has 0 unspecified atom stereocenters. The van der Waals surface area contributed by atoms with Gasteiger partial charge in [0, 0.05) is 13.2 Å². The van der Waals surface area contributed by atoms with Crippen LogP contribution in [0.2, 0.25) is 0 Å². The van der Waals surface area contributed by atoms with E-state index < -0.39 is 0 Å². The van der Waals surface area contributed by atoms with Crippen LogP contribution in [-0.2, 0) is 14.2 Å². The Balaban J connectivity index is -0.0000000713. The maximum atomic E-state index is 4.94. The summed E-state index contributed by atoms with van der Waals surface area (Å²) < 4.78 is 14.4. The summed E-state index contributed by atoms with van der Waals surface area (Å²) in [5.74, 6) is 0. The van der Waals surface area contributed by atoms with Crippen LogP contribution < -0.4 is 0 Å². The average molecular weight is 266 g/mol. The highest BCUT2D eigenvalue weighted by molar-refractivity contribution is 4.43. The standard InChI is InChI=1S/C4H8O.C3H6O2.4C2H6/c1-2-4-5-3-1;1-2-5-3-4-1;4*1-2/h1-4H2;1-3H2;4*1-2H3. The van der Waals surface area contributed by atoms with Crippen molar-refractivity contribution >= 4 is 0 Å². The molecule has 3 heteroatoms. The molecule has 2 fully saturated rings. The predicted octanol–water partition coefficient (Wildman–Crippen LogP) is 4.89. The van der Waals surface area contributed by atoms with Gasteiger partial charge in [-0.2, -0.15) is 0 Å². The molecule has 2 rings (SSSR count). The summed E-state index contributed by atoms with van der Waals surface area (Å²) in [4.78, 5) is 0. The highest BCUT2D eigenvalue weighted by atomic mass is 16.7. The van der Waals surface area contributed by atoms with E-state index in [1.807, 2.05) is 55.4 Å². The second kappa shape index (κ2) is 43.6. The third-order valence-corrected chi connectivity index (χ3v) is 1.37. The molecule has 0 atom stereocenters. The maximum absolute atomic E-state index is 4.94. The van der Waals surface area contributed by atoms with Gasteiger partial charge >= 0.3 is 0 Å². The minimum absolute atomic E-state index is 0.500. The molecule has 3 nitrogen and oxygen atoms in total. The van der Waals surface area contributed by atoms with Crippen molar-refractivity contribution in [3.63, 3.8) is 0 Å². The molecule has 0 aromatic heterocycles. The van der Waals surface area contributed by atoms with Crippen molar-refractivity contribution in [3.05, 3.63) is 0 Å². The fourth-order valence-corrected chi connectivity index (χ4v) is 0.805. The minimum atomic E-state index is 0.500. The molecule has 0 aromatic rings. The summed E-state index contributed by atoms with van der Waals surface area (Å²) >= 11 is 0. The molecule has 2 aliphatic rings. The third-order valence-electron chi connectivity index (χ3n) is 1.37. The van der Waals surface area contributed by atoms with Gasteiger partial charge in [0.25, 0.3) is 0 Å². The van der Waals surface area contributed by atoms with Crippen molar-refractivity contribution in [3.8, 4) is 0 Å². The Kier molecular flexibility index (Phi) is 64.1. The Morgan fingerprint density at radius 3 is 0.889 bits per heavy atom. The average Bonchev–Trinajstić information content (AvgIpc) is 3.25. The summed E-state index contributed by atoms with van der Waals surface area (Å²) in [7, 11) is 0. The molecule has 0 aromatic carbocycles. The van der Waals surface area contributed by atoms with Crippen LogP contribution in [0.3, 0.4) is 0 Å². The van der Waals surface area contributed by atoms with Crippen molar-refractivity contribution in [2.45, 2.75) is 68.2 Å². The molecule has 0 aliphatic carbocycles. The summed E-state index contributed by atoms with van der Waals surface area (Å²) in [6, 6.07) is 0. The quantitative estimate of drug-likeness (QED) is 0.624. The van der Waals surface area contributed by atoms with E-state index in [2.05, 4.69) is 0 Å². The fourth-order valence-electron chi connectivity index (χ4n) is 0.805. The first kappa shape index (κ1) is 26.4. The van der Waals surface area contributed by atoms with Crippen molar-refractivity contribution in [2.75, 3.05) is 33.2 Å². The first-order valence-electron chi connectivity index (χ1n) is 7.73. The van der Waals surface area contributed by atoms with Gasteiger partial charge in [-0.1, -0.05) is 55.4 Å². The lowest BCUT2D eigenvalue weighted by Gasteiger charge is -1.76. The molecule has 0 spiro atoms. The number of rotatable bonds is 0. The lowest BCUT2D eigenvalue weighted by Crippen LogP contribution is -1.79. The lowest BCUT2D eigenvalue weighted by atomic mass is 10.4. The van der Waals surface area contributed by atoms with Gasteiger partial charge in [-0.3, -0.25) is 0 Å². The van der Waals surface area contributed by atoms with Crippen LogP contribution in [0.1, 0.15) is 68.2 Å². The molecule has 0 amide bonds. The zero-order valence-corrected chi connectivity index (χ0v) is 14.2. The van der Waals surface area contributed by atoms with Crippen molar-refractivity contribution in [2.24, 2.45) is 0 Å². The highest BCUT2D eigenvalue weighted by Crippen LogP contribution is 1.98. The monoisotopic (exact) mass is 266 g/mol. The molecule has 2 heterocycles. The van der Waals surface area contributed by atoms with Crippen LogP contribution in [0.15, 0.2) is 0 Å². The summed E-state index contributed by atoms with van der Waals surface area (Å²) in [5, 5.41) is 0. The largest absolute Gasteiger partial charge is 0.381 e. The second-order valence-electron chi connectivity index (χ2n) is 2.25. The zero-order valence-electron chi connectivity index (χ0n) is 14.2. The van der Waals surface area contributed by atoms with E-state index in [4.69, 9.17) is 14.2 Å². The normalized spacial score (nSPS) is 14.7. The number of hydrogen-bond acceptors (Lipinski definition) is 3. The van der Waals surface area contributed by atoms with Gasteiger partial charge in [0.15, 0.2) is 0 Å². The van der Waals surface area contributed by atoms with E-state index in [0.29, 0.717) is 6.79 Å². The van der Waals surface area contributed by atoms with Gasteiger partial charge in [-0.05, 0) is 12.8 Å². The van der Waals surface area contributed by atoms with E-state index in [0.717, 1.165) is 26.4 Å². The first-order chi connectivity index (χ1) is 9.00. The Bertz CT molecular complexity index is 44.9. The van der Waals surface area contributed by atoms with Crippen LogP contribution in [0.4, 0.5) is 0 Å². The van der Waals surface area contributed by atoms with Crippen LogP contribution in [0, 0.1) is 0 Å². The first-order valence-corrected chi connectivity index (χ1v) is 7.73. The molecule has 0 N–H and O–H groups in total. The SMILES string of the molecule is C1CCOC1.C1COCO1.CC.CC.CC.CC. The van der Waals surface area contributed by atoms with Gasteiger partial charge in [0.2, 0.25) is 0 Å². The molecule has 0 saturated carbocycles. The minimum Gasteiger partial charge on any atom is -0.381 e. The predicted molar refractivity (Wildman–Crippen MR) is 82.2 cm³/mol. The van der Waals surface area contributed by atoms with Gasteiger partial charge in [-0.15, -0.1) is 0 Å². The van der Waals surface area contributed by atoms with Crippen LogP contribution >= 0.6 is 0 Å². The van der Waals surface area contributed by atoms with Crippen molar-refractivity contribution in [1.29, 1.82) is 0 Å². The van der Waals surface area contributed by atoms with Crippen LogP contribution in [0.25, 0.3) is 0 Å². The summed E-state index contributed by atoms with van der Waals surface area (Å²) in [5.41, 5.74) is 0. The lowest BCUT2D eigenvalue weighted by molar-refractivity contribution is 0.0692. The van der Waals surface area contributed by atoms with Gasteiger partial charge < -0.3 is 14.2 Å². The molecule has 116 valence electrons. The molecule has 0 radical (unpaired) electrons. The zero-order chi connectivity index (χ0) is 15.1. The second-order valence-corrected chi connectivity index (χ2v) is 2.25. The topological polar surface area (TPSA) is 27.7 Å². The van der Waals surface area contributed by atoms with E-state index in [1.54, 1.807) is 0 Å². The third kappa shape index (κ3) is 36.0. The van der Waals surface area contributed by atoms with E-state index in [-0.39, 0.29) is 0 Å². The molecule has 18 heavy (non-hydrogen) atoms. The molecule has 2 saturated heterocycles. The van der Waals surface area contributed by atoms with Crippen LogP contribution in [0.5, 0.6) is 0 Å². The Labute approximate surface area is 116 Å². The molecular formula is C15H38O3. The smallest absolute Gasteiger partial charge is 0.146 e. The van der Waals surface area contributed by atoms with E-state index >= 15 is 0 Å². The highest BCUT2D eigenvalue weighted by Gasteiger charge is 1.95. The molecular weight excluding hydrogens is 228 g/mol. The van der Waals surface area contributed by atoms with Crippen molar-refractivity contribution < 1.29 is 14.2 Å². The van der Waals surface area contributed by atoms with Gasteiger partial charge in [0.05, 0.1) is 13.2 Å². The fraction of sp³-hybridized carbons (Fsp3) is 1.00. The summed E-state index contributed by atoms with van der Waals surface area (Å²) in [6.45, 7) is 20.1. The molecule has 0 bridgehead atoms. The van der Waals surface area contributed by atoms with Gasteiger partial charge in [0.1, 0.15) is 6.79 Å². The van der Waals surface area contributed by atoms with Crippen molar-refractivity contribution in [1.82, 2.24) is 0 Å². The Morgan fingerprint density at radius 1 is 0.444 bits per heavy atom. The number of ether oxygens (including phenoxy) is 3. The molecule has 2 aliphatic heterocycles. The van der Waals surface area contributed by atoms with Crippen LogP contribution in [-0.4, -0.2) is 33.2 Å². The van der Waals surface area contributed by atoms with Gasteiger partial charge in [-0.25, -0.2) is 0 Å². The Hall–Kier alpha value is -0.120. The van der Waals surface area contributed by atoms with E-state index in [9.17, 15) is 0 Å². The maximum Gasteiger partial charge on any atom is 0.146 e. The Morgan fingerprint density at radius 2 is 0.778 bits per heavy atom.